The highest BCUT2D eigenvalue weighted by Gasteiger charge is 2.40. The molecule has 1 aliphatic rings. The van der Waals surface area contributed by atoms with Gasteiger partial charge in [-0.25, -0.2) is 8.78 Å². The van der Waals surface area contributed by atoms with Crippen LogP contribution in [0, 0.1) is 11.6 Å². The molecule has 0 saturated heterocycles. The zero-order valence-electron chi connectivity index (χ0n) is 17.5. The van der Waals surface area contributed by atoms with Gasteiger partial charge < -0.3 is 16.4 Å². The summed E-state index contributed by atoms with van der Waals surface area (Å²) < 4.78 is 26.9. The van der Waals surface area contributed by atoms with Crippen molar-refractivity contribution in [3.8, 4) is 0 Å². The molecule has 0 heterocycles. The molecule has 2 amide bonds. The summed E-state index contributed by atoms with van der Waals surface area (Å²) in [4.78, 5) is 25.7. The predicted octanol–water partition coefficient (Wildman–Crippen LogP) is 3.36. The Morgan fingerprint density at radius 1 is 1.00 bits per heavy atom. The van der Waals surface area contributed by atoms with E-state index in [4.69, 9.17) is 5.73 Å². The molecule has 31 heavy (non-hydrogen) atoms. The van der Waals surface area contributed by atoms with Crippen molar-refractivity contribution < 1.29 is 18.4 Å². The standard InChI is InChI=1S/C24H29F2N3O2/c25-19-10-8-17(9-11-19)16-28-23(31)24(12-4-1-5-13-24)29-22(30)15-20(27)14-18-6-2-3-7-21(18)26/h2-3,6-11,20H,1,4-5,12-16,27H2,(H,28,31)(H,29,30)/t20-/m1/s1. The van der Waals surface area contributed by atoms with Crippen LogP contribution >= 0.6 is 0 Å². The van der Waals surface area contributed by atoms with E-state index in [1.165, 1.54) is 18.2 Å². The zero-order chi connectivity index (χ0) is 22.3. The van der Waals surface area contributed by atoms with Crippen LogP contribution in [0.1, 0.15) is 49.7 Å². The third-order valence-corrected chi connectivity index (χ3v) is 5.77. The van der Waals surface area contributed by atoms with E-state index in [1.807, 2.05) is 0 Å². The highest BCUT2D eigenvalue weighted by Crippen LogP contribution is 2.29. The molecule has 3 rings (SSSR count). The average Bonchev–Trinajstić information content (AvgIpc) is 2.75. The lowest BCUT2D eigenvalue weighted by Crippen LogP contribution is -2.60. The van der Waals surface area contributed by atoms with Gasteiger partial charge in [0.15, 0.2) is 0 Å². The maximum atomic E-state index is 13.8. The van der Waals surface area contributed by atoms with Crippen molar-refractivity contribution in [2.24, 2.45) is 5.73 Å². The predicted molar refractivity (Wildman–Crippen MR) is 115 cm³/mol. The fraction of sp³-hybridized carbons (Fsp3) is 0.417. The summed E-state index contributed by atoms with van der Waals surface area (Å²) >= 11 is 0. The van der Waals surface area contributed by atoms with Crippen molar-refractivity contribution in [2.75, 3.05) is 0 Å². The van der Waals surface area contributed by atoms with Crippen molar-refractivity contribution in [3.63, 3.8) is 0 Å². The number of nitrogens with two attached hydrogens (primary N) is 1. The van der Waals surface area contributed by atoms with Gasteiger partial charge in [0.05, 0.1) is 0 Å². The number of amides is 2. The first-order valence-corrected chi connectivity index (χ1v) is 10.7. The van der Waals surface area contributed by atoms with Gasteiger partial charge in [0.2, 0.25) is 11.8 Å². The van der Waals surface area contributed by atoms with Crippen LogP contribution in [-0.4, -0.2) is 23.4 Å². The monoisotopic (exact) mass is 429 g/mol. The van der Waals surface area contributed by atoms with Gasteiger partial charge in [-0.2, -0.15) is 0 Å². The molecule has 0 aromatic heterocycles. The molecule has 0 radical (unpaired) electrons. The number of halogens is 2. The SMILES string of the molecule is N[C@@H](CC(=O)NC1(C(=O)NCc2ccc(F)cc2)CCCCC1)Cc1ccccc1F. The molecule has 4 N–H and O–H groups in total. The van der Waals surface area contributed by atoms with Crippen LogP contribution in [0.5, 0.6) is 0 Å². The number of hydrogen-bond donors (Lipinski definition) is 3. The Hall–Kier alpha value is -2.80. The summed E-state index contributed by atoms with van der Waals surface area (Å²) in [5.74, 6) is -1.24. The molecule has 1 saturated carbocycles. The smallest absolute Gasteiger partial charge is 0.246 e. The first-order valence-electron chi connectivity index (χ1n) is 10.7. The Morgan fingerprint density at radius 2 is 1.68 bits per heavy atom. The summed E-state index contributed by atoms with van der Waals surface area (Å²) in [5.41, 5.74) is 6.35. The Morgan fingerprint density at radius 3 is 2.35 bits per heavy atom. The second-order valence-corrected chi connectivity index (χ2v) is 8.26. The number of nitrogens with one attached hydrogen (secondary N) is 2. The number of carbonyl (C=O) groups is 2. The van der Waals surface area contributed by atoms with Crippen molar-refractivity contribution >= 4 is 11.8 Å². The fourth-order valence-electron chi connectivity index (χ4n) is 4.09. The summed E-state index contributed by atoms with van der Waals surface area (Å²) in [6.45, 7) is 0.254. The highest BCUT2D eigenvalue weighted by atomic mass is 19.1. The molecule has 1 aliphatic carbocycles. The van der Waals surface area contributed by atoms with Gasteiger partial charge in [0.1, 0.15) is 17.2 Å². The van der Waals surface area contributed by atoms with Crippen LogP contribution in [0.25, 0.3) is 0 Å². The third kappa shape index (κ3) is 6.34. The quantitative estimate of drug-likeness (QED) is 0.602. The first-order chi connectivity index (χ1) is 14.9. The Labute approximate surface area is 181 Å². The van der Waals surface area contributed by atoms with Crippen LogP contribution in [-0.2, 0) is 22.6 Å². The minimum atomic E-state index is -0.979. The van der Waals surface area contributed by atoms with Crippen LogP contribution < -0.4 is 16.4 Å². The van der Waals surface area contributed by atoms with Crippen LogP contribution in [0.4, 0.5) is 8.78 Å². The lowest BCUT2D eigenvalue weighted by atomic mass is 9.80. The lowest BCUT2D eigenvalue weighted by molar-refractivity contribution is -0.135. The van der Waals surface area contributed by atoms with E-state index in [9.17, 15) is 18.4 Å². The average molecular weight is 430 g/mol. The minimum Gasteiger partial charge on any atom is -0.350 e. The molecule has 2 aromatic carbocycles. The minimum absolute atomic E-state index is 0.00132. The van der Waals surface area contributed by atoms with E-state index in [0.717, 1.165) is 24.8 Å². The normalized spacial score (nSPS) is 16.4. The van der Waals surface area contributed by atoms with Gasteiger partial charge in [0, 0.05) is 19.0 Å². The molecular weight excluding hydrogens is 400 g/mol. The molecule has 2 aromatic rings. The van der Waals surface area contributed by atoms with Gasteiger partial charge in [0.25, 0.3) is 0 Å². The largest absolute Gasteiger partial charge is 0.350 e. The second-order valence-electron chi connectivity index (χ2n) is 8.26. The Bertz CT molecular complexity index is 896. The maximum absolute atomic E-state index is 13.8. The first kappa shape index (κ1) is 22.9. The van der Waals surface area contributed by atoms with Crippen LogP contribution in [0.15, 0.2) is 48.5 Å². The van der Waals surface area contributed by atoms with E-state index in [2.05, 4.69) is 10.6 Å². The van der Waals surface area contributed by atoms with Crippen molar-refractivity contribution in [1.82, 2.24) is 10.6 Å². The summed E-state index contributed by atoms with van der Waals surface area (Å²) in [6, 6.07) is 11.7. The Kier molecular flexibility index (Phi) is 7.74. The van der Waals surface area contributed by atoms with Gasteiger partial charge in [-0.1, -0.05) is 49.6 Å². The zero-order valence-corrected chi connectivity index (χ0v) is 17.5. The van der Waals surface area contributed by atoms with E-state index in [-0.39, 0.29) is 42.8 Å². The van der Waals surface area contributed by atoms with Crippen LogP contribution in [0.2, 0.25) is 0 Å². The van der Waals surface area contributed by atoms with Gasteiger partial charge in [-0.05, 0) is 48.6 Å². The molecule has 7 heteroatoms. The van der Waals surface area contributed by atoms with Crippen LogP contribution in [0.3, 0.4) is 0 Å². The number of rotatable bonds is 8. The topological polar surface area (TPSA) is 84.2 Å². The number of hydrogen-bond acceptors (Lipinski definition) is 3. The number of benzene rings is 2. The van der Waals surface area contributed by atoms with Gasteiger partial charge in [-0.3, -0.25) is 9.59 Å². The third-order valence-electron chi connectivity index (χ3n) is 5.77. The summed E-state index contributed by atoms with van der Waals surface area (Å²) in [5, 5.41) is 5.80. The fourth-order valence-corrected chi connectivity index (χ4v) is 4.09. The van der Waals surface area contributed by atoms with Crippen molar-refractivity contribution in [1.29, 1.82) is 0 Å². The molecular formula is C24H29F2N3O2. The highest BCUT2D eigenvalue weighted by molar-refractivity contribution is 5.91. The molecule has 1 atom stereocenters. The van der Waals surface area contributed by atoms with E-state index < -0.39 is 11.6 Å². The van der Waals surface area contributed by atoms with Gasteiger partial charge >= 0.3 is 0 Å². The molecule has 0 bridgehead atoms. The molecule has 0 spiro atoms. The van der Waals surface area contributed by atoms with Crippen molar-refractivity contribution in [2.45, 2.75) is 63.1 Å². The molecule has 5 nitrogen and oxygen atoms in total. The Balaban J connectivity index is 1.59. The van der Waals surface area contributed by atoms with Crippen molar-refractivity contribution in [3.05, 3.63) is 71.3 Å². The summed E-state index contributed by atoms with van der Waals surface area (Å²) in [7, 11) is 0. The second kappa shape index (κ2) is 10.5. The molecule has 0 aliphatic heterocycles. The molecule has 1 fully saturated rings. The molecule has 166 valence electrons. The van der Waals surface area contributed by atoms with E-state index in [0.29, 0.717) is 18.4 Å². The van der Waals surface area contributed by atoms with Gasteiger partial charge in [-0.15, -0.1) is 0 Å². The van der Waals surface area contributed by atoms with E-state index in [1.54, 1.807) is 30.3 Å². The maximum Gasteiger partial charge on any atom is 0.246 e. The number of carbonyl (C=O) groups excluding carboxylic acids is 2. The summed E-state index contributed by atoms with van der Waals surface area (Å²) in [6.07, 6.45) is 4.03. The lowest BCUT2D eigenvalue weighted by Gasteiger charge is -2.37. The van der Waals surface area contributed by atoms with E-state index >= 15 is 0 Å². The molecule has 0 unspecified atom stereocenters.